The summed E-state index contributed by atoms with van der Waals surface area (Å²) in [6, 6.07) is 5.14. The minimum absolute atomic E-state index is 0.0284. The van der Waals surface area contributed by atoms with Gasteiger partial charge in [0.1, 0.15) is 17.6 Å². The van der Waals surface area contributed by atoms with Crippen LogP contribution in [0, 0.1) is 17.7 Å². The average Bonchev–Trinajstić information content (AvgIpc) is 3.56. The normalized spacial score (nSPS) is 20.8. The van der Waals surface area contributed by atoms with E-state index in [4.69, 9.17) is 0 Å². The van der Waals surface area contributed by atoms with Gasteiger partial charge in [0.05, 0.1) is 6.04 Å². The number of benzene rings is 1. The van der Waals surface area contributed by atoms with Crippen LogP contribution < -0.4 is 10.6 Å². The number of hydrogen-bond donors (Lipinski definition) is 2. The third kappa shape index (κ3) is 9.06. The van der Waals surface area contributed by atoms with Gasteiger partial charge >= 0.3 is 0 Å². The molecule has 2 heterocycles. The molecular weight excluding hydrogens is 599 g/mol. The maximum absolute atomic E-state index is 15.7. The molecule has 0 radical (unpaired) electrons. The van der Waals surface area contributed by atoms with Crippen molar-refractivity contribution in [3.05, 3.63) is 53.1 Å². The van der Waals surface area contributed by atoms with Crippen LogP contribution >= 0.6 is 0 Å². The quantitative estimate of drug-likeness (QED) is 0.333. The van der Waals surface area contributed by atoms with Crippen molar-refractivity contribution in [2.75, 3.05) is 26.2 Å². The van der Waals surface area contributed by atoms with Gasteiger partial charge in [0, 0.05) is 63.7 Å². The Labute approximate surface area is 278 Å². The standard InChI is InChI=1S/C36H53FN6O4/c1-7-32(45)39-33(36(47)42-19-17-41(18-20-42)23(3)4)25(6)27-13-14-28(29(37)21-27)22-31(44)34(26-11-9-24(5)10-12-26)40-35(46)30-15-16-38-43(30)8-2/h13-16,21,23-26,33-34H,7-12,17-20,22H2,1-6H3,(H,39,45)(H,40,46)/t24?,25-,26?,33?,34-/m0/s1. The number of piperazine rings is 1. The number of Topliss-reactive ketones (excluding diaryl/α,β-unsaturated/α-hetero) is 1. The summed E-state index contributed by atoms with van der Waals surface area (Å²) in [5.41, 5.74) is 1.19. The Balaban J connectivity index is 1.51. The summed E-state index contributed by atoms with van der Waals surface area (Å²) in [6.07, 6.45) is 5.20. The Kier molecular flexibility index (Phi) is 12.7. The first kappa shape index (κ1) is 36.2. The van der Waals surface area contributed by atoms with Gasteiger partial charge in [0.15, 0.2) is 5.78 Å². The van der Waals surface area contributed by atoms with E-state index >= 15 is 4.39 Å². The van der Waals surface area contributed by atoms with Crippen molar-refractivity contribution >= 4 is 23.5 Å². The third-order valence-electron chi connectivity index (χ3n) is 10.1. The molecule has 2 aromatic rings. The van der Waals surface area contributed by atoms with Crippen molar-refractivity contribution < 1.29 is 23.6 Å². The fourth-order valence-corrected chi connectivity index (χ4v) is 6.88. The lowest BCUT2D eigenvalue weighted by Crippen LogP contribution is -2.57. The summed E-state index contributed by atoms with van der Waals surface area (Å²) >= 11 is 0. The molecule has 2 aliphatic rings. The summed E-state index contributed by atoms with van der Waals surface area (Å²) < 4.78 is 17.3. The van der Waals surface area contributed by atoms with Gasteiger partial charge < -0.3 is 15.5 Å². The van der Waals surface area contributed by atoms with Crippen LogP contribution in [0.2, 0.25) is 0 Å². The third-order valence-corrected chi connectivity index (χ3v) is 10.1. The monoisotopic (exact) mass is 652 g/mol. The average molecular weight is 653 g/mol. The smallest absolute Gasteiger partial charge is 0.270 e. The number of halogens is 1. The van der Waals surface area contributed by atoms with Crippen molar-refractivity contribution in [2.45, 2.75) is 111 Å². The number of carbonyl (C=O) groups excluding carboxylic acids is 4. The van der Waals surface area contributed by atoms with E-state index in [-0.39, 0.29) is 47.8 Å². The summed E-state index contributed by atoms with van der Waals surface area (Å²) in [4.78, 5) is 57.4. The van der Waals surface area contributed by atoms with Crippen LogP contribution in [-0.2, 0) is 27.3 Å². The van der Waals surface area contributed by atoms with Crippen LogP contribution in [0.5, 0.6) is 0 Å². The fourth-order valence-electron chi connectivity index (χ4n) is 6.88. The first-order valence-electron chi connectivity index (χ1n) is 17.4. The van der Waals surface area contributed by atoms with Gasteiger partial charge in [-0.3, -0.25) is 28.8 Å². The van der Waals surface area contributed by atoms with Crippen LogP contribution in [-0.4, -0.2) is 87.4 Å². The van der Waals surface area contributed by atoms with Crippen LogP contribution in [0.3, 0.4) is 0 Å². The van der Waals surface area contributed by atoms with Crippen LogP contribution in [0.4, 0.5) is 4.39 Å². The van der Waals surface area contributed by atoms with Gasteiger partial charge in [0.2, 0.25) is 11.8 Å². The molecule has 0 spiro atoms. The predicted octanol–water partition coefficient (Wildman–Crippen LogP) is 4.33. The molecule has 258 valence electrons. The molecule has 47 heavy (non-hydrogen) atoms. The number of aromatic nitrogens is 2. The summed E-state index contributed by atoms with van der Waals surface area (Å²) in [7, 11) is 0. The van der Waals surface area contributed by atoms with Gasteiger partial charge in [-0.1, -0.05) is 45.7 Å². The second kappa shape index (κ2) is 16.5. The number of carbonyl (C=O) groups is 4. The minimum atomic E-state index is -0.843. The SMILES string of the molecule is CCC(=O)NC(C(=O)N1CCN(C(C)C)CC1)[C@@H](C)c1ccc(CC(=O)[C@@H](NC(=O)c2ccnn2CC)C2CCC(C)CC2)c(F)c1. The molecule has 1 saturated heterocycles. The van der Waals surface area contributed by atoms with E-state index in [2.05, 4.69) is 41.4 Å². The maximum atomic E-state index is 15.7. The molecule has 3 atom stereocenters. The molecule has 3 amide bonds. The molecule has 11 heteroatoms. The Hall–Kier alpha value is -3.60. The van der Waals surface area contributed by atoms with Gasteiger partial charge in [-0.05, 0) is 68.7 Å². The molecular formula is C36H53FN6O4. The number of amides is 3. The predicted molar refractivity (Wildman–Crippen MR) is 179 cm³/mol. The Bertz CT molecular complexity index is 1390. The molecule has 4 rings (SSSR count). The zero-order chi connectivity index (χ0) is 34.2. The zero-order valence-electron chi connectivity index (χ0n) is 28.9. The van der Waals surface area contributed by atoms with E-state index in [0.29, 0.717) is 42.9 Å². The summed E-state index contributed by atoms with van der Waals surface area (Å²) in [5.74, 6) is -1.52. The Morgan fingerprint density at radius 1 is 0.957 bits per heavy atom. The molecule has 1 saturated carbocycles. The molecule has 1 aliphatic carbocycles. The first-order chi connectivity index (χ1) is 22.4. The summed E-state index contributed by atoms with van der Waals surface area (Å²) in [6.45, 7) is 15.1. The molecule has 1 aromatic carbocycles. The van der Waals surface area contributed by atoms with Crippen molar-refractivity contribution in [3.8, 4) is 0 Å². The molecule has 1 aliphatic heterocycles. The first-order valence-corrected chi connectivity index (χ1v) is 17.4. The van der Waals surface area contributed by atoms with Gasteiger partial charge in [0.25, 0.3) is 5.91 Å². The highest BCUT2D eigenvalue weighted by Crippen LogP contribution is 2.32. The molecule has 2 fully saturated rings. The number of rotatable bonds is 13. The Morgan fingerprint density at radius 3 is 2.23 bits per heavy atom. The van der Waals surface area contributed by atoms with Crippen molar-refractivity contribution in [3.63, 3.8) is 0 Å². The van der Waals surface area contributed by atoms with Crippen LogP contribution in [0.25, 0.3) is 0 Å². The van der Waals surface area contributed by atoms with E-state index in [0.717, 1.165) is 38.8 Å². The lowest BCUT2D eigenvalue weighted by atomic mass is 9.77. The van der Waals surface area contributed by atoms with E-state index < -0.39 is 23.8 Å². The van der Waals surface area contributed by atoms with Crippen LogP contribution in [0.1, 0.15) is 101 Å². The Morgan fingerprint density at radius 2 is 1.64 bits per heavy atom. The number of hydrogen-bond acceptors (Lipinski definition) is 6. The highest BCUT2D eigenvalue weighted by atomic mass is 19.1. The molecule has 10 nitrogen and oxygen atoms in total. The molecule has 1 unspecified atom stereocenters. The van der Waals surface area contributed by atoms with Crippen molar-refractivity contribution in [2.24, 2.45) is 11.8 Å². The number of nitrogens with one attached hydrogen (secondary N) is 2. The molecule has 2 N–H and O–H groups in total. The second-order valence-electron chi connectivity index (χ2n) is 13.6. The largest absolute Gasteiger partial charge is 0.344 e. The zero-order valence-corrected chi connectivity index (χ0v) is 28.9. The topological polar surface area (TPSA) is 117 Å². The highest BCUT2D eigenvalue weighted by Gasteiger charge is 2.35. The van der Waals surface area contributed by atoms with E-state index in [1.165, 1.54) is 6.07 Å². The van der Waals surface area contributed by atoms with E-state index in [1.54, 1.807) is 40.9 Å². The lowest BCUT2D eigenvalue weighted by Gasteiger charge is -2.39. The number of nitrogens with zero attached hydrogens (tertiary/aromatic N) is 4. The van der Waals surface area contributed by atoms with Crippen molar-refractivity contribution in [1.82, 2.24) is 30.2 Å². The van der Waals surface area contributed by atoms with Gasteiger partial charge in [-0.2, -0.15) is 5.10 Å². The highest BCUT2D eigenvalue weighted by molar-refractivity contribution is 5.97. The van der Waals surface area contributed by atoms with Crippen molar-refractivity contribution in [1.29, 1.82) is 0 Å². The lowest BCUT2D eigenvalue weighted by molar-refractivity contribution is -0.138. The second-order valence-corrected chi connectivity index (χ2v) is 13.6. The summed E-state index contributed by atoms with van der Waals surface area (Å²) in [5, 5.41) is 10.1. The molecule has 1 aromatic heterocycles. The van der Waals surface area contributed by atoms with E-state index in [1.807, 2.05) is 13.8 Å². The van der Waals surface area contributed by atoms with Gasteiger partial charge in [-0.25, -0.2) is 4.39 Å². The van der Waals surface area contributed by atoms with Gasteiger partial charge in [-0.15, -0.1) is 0 Å². The molecule has 0 bridgehead atoms. The number of aryl methyl sites for hydroxylation is 1. The van der Waals surface area contributed by atoms with E-state index in [9.17, 15) is 19.2 Å². The number of ketones is 1. The minimum Gasteiger partial charge on any atom is -0.344 e. The fraction of sp³-hybridized carbons (Fsp3) is 0.639. The van der Waals surface area contributed by atoms with Crippen LogP contribution in [0.15, 0.2) is 30.5 Å². The maximum Gasteiger partial charge on any atom is 0.270 e.